The summed E-state index contributed by atoms with van der Waals surface area (Å²) in [6, 6.07) is 10.2. The van der Waals surface area contributed by atoms with E-state index < -0.39 is 0 Å². The van der Waals surface area contributed by atoms with Gasteiger partial charge in [-0.25, -0.2) is 0 Å². The van der Waals surface area contributed by atoms with Crippen LogP contribution in [0.1, 0.15) is 24.8 Å². The first-order chi connectivity index (χ1) is 7.80. The van der Waals surface area contributed by atoms with E-state index in [0.29, 0.717) is 11.8 Å². The standard InChI is InChI=1S/C15H13Cl/c16-15-12-7-4-8-13(15)14(12,15)10-9-11-5-2-1-3-6-11/h1-3,5-6,12-13H,4,7-8H2. The molecule has 0 amide bonds. The molecule has 80 valence electrons. The molecule has 2 unspecified atom stereocenters. The molecule has 3 saturated carbocycles. The van der Waals surface area contributed by atoms with Crippen LogP contribution in [0.3, 0.4) is 0 Å². The molecule has 0 nitrogen and oxygen atoms in total. The fourth-order valence-electron chi connectivity index (χ4n) is 3.88. The molecule has 16 heavy (non-hydrogen) atoms. The maximum Gasteiger partial charge on any atom is 0.0705 e. The molecule has 3 fully saturated rings. The van der Waals surface area contributed by atoms with Crippen LogP contribution in [0.15, 0.2) is 30.3 Å². The maximum absolute atomic E-state index is 6.60. The van der Waals surface area contributed by atoms with E-state index in [2.05, 4.69) is 24.0 Å². The van der Waals surface area contributed by atoms with Crippen LogP contribution in [-0.4, -0.2) is 4.87 Å². The zero-order valence-corrected chi connectivity index (χ0v) is 9.80. The lowest BCUT2D eigenvalue weighted by Gasteiger charge is -2.23. The highest BCUT2D eigenvalue weighted by Gasteiger charge is 2.97. The number of halogens is 1. The summed E-state index contributed by atoms with van der Waals surface area (Å²) in [5.74, 6) is 8.20. The van der Waals surface area contributed by atoms with Gasteiger partial charge in [0.1, 0.15) is 0 Å². The molecule has 1 aromatic carbocycles. The first-order valence-corrected chi connectivity index (χ1v) is 6.45. The Balaban J connectivity index is 1.65. The van der Waals surface area contributed by atoms with Gasteiger partial charge in [-0.15, -0.1) is 11.6 Å². The normalized spacial score (nSPS) is 46.3. The SMILES string of the molecule is ClC12C3CCCC1C32C#Cc1ccccc1. The van der Waals surface area contributed by atoms with E-state index in [1.54, 1.807) is 0 Å². The fourth-order valence-corrected chi connectivity index (χ4v) is 4.65. The summed E-state index contributed by atoms with van der Waals surface area (Å²) in [5, 5.41) is 0. The largest absolute Gasteiger partial charge is 0.117 e. The quantitative estimate of drug-likeness (QED) is 0.471. The van der Waals surface area contributed by atoms with Crippen molar-refractivity contribution in [1.82, 2.24) is 0 Å². The molecular formula is C15H13Cl. The summed E-state index contributed by atoms with van der Waals surface area (Å²) < 4.78 is 0. The van der Waals surface area contributed by atoms with E-state index in [-0.39, 0.29) is 10.3 Å². The van der Waals surface area contributed by atoms with Gasteiger partial charge < -0.3 is 0 Å². The highest BCUT2D eigenvalue weighted by molar-refractivity contribution is 6.31. The molecule has 0 spiro atoms. The first-order valence-electron chi connectivity index (χ1n) is 6.07. The number of rotatable bonds is 0. The average Bonchev–Trinajstić information content (AvgIpc) is 3.12. The van der Waals surface area contributed by atoms with Crippen molar-refractivity contribution in [2.45, 2.75) is 24.1 Å². The number of fused-ring (bicyclic) bond motifs is 2. The van der Waals surface area contributed by atoms with Crippen molar-refractivity contribution in [1.29, 1.82) is 0 Å². The minimum atomic E-state index is 0.104. The zero-order valence-electron chi connectivity index (χ0n) is 9.04. The van der Waals surface area contributed by atoms with Gasteiger partial charge in [-0.1, -0.05) is 36.5 Å². The summed E-state index contributed by atoms with van der Waals surface area (Å²) in [6.07, 6.45) is 3.95. The molecule has 0 aliphatic heterocycles. The molecule has 0 radical (unpaired) electrons. The highest BCUT2D eigenvalue weighted by Crippen LogP contribution is 2.94. The second-order valence-corrected chi connectivity index (χ2v) is 5.91. The summed E-state index contributed by atoms with van der Waals surface area (Å²) in [4.78, 5) is 0.104. The van der Waals surface area contributed by atoms with E-state index in [0.717, 1.165) is 5.56 Å². The molecule has 3 aliphatic carbocycles. The van der Waals surface area contributed by atoms with Gasteiger partial charge in [-0.05, 0) is 36.8 Å². The lowest BCUT2D eigenvalue weighted by atomic mass is 9.82. The van der Waals surface area contributed by atoms with Gasteiger partial charge in [0.05, 0.1) is 10.3 Å². The number of hydrogen-bond acceptors (Lipinski definition) is 0. The molecule has 1 heteroatoms. The van der Waals surface area contributed by atoms with E-state index in [4.69, 9.17) is 11.6 Å². The van der Waals surface area contributed by atoms with E-state index in [9.17, 15) is 0 Å². The van der Waals surface area contributed by atoms with Crippen molar-refractivity contribution in [2.75, 3.05) is 0 Å². The van der Waals surface area contributed by atoms with Gasteiger partial charge >= 0.3 is 0 Å². The Morgan fingerprint density at radius 1 is 1.12 bits per heavy atom. The molecule has 0 heterocycles. The fraction of sp³-hybridized carbons (Fsp3) is 0.467. The van der Waals surface area contributed by atoms with Gasteiger partial charge in [-0.2, -0.15) is 0 Å². The molecular weight excluding hydrogens is 216 g/mol. The number of alkyl halides is 1. The first kappa shape index (κ1) is 9.14. The Kier molecular flexibility index (Phi) is 1.52. The van der Waals surface area contributed by atoms with Crippen LogP contribution >= 0.6 is 11.6 Å². The van der Waals surface area contributed by atoms with Crippen molar-refractivity contribution in [3.63, 3.8) is 0 Å². The van der Waals surface area contributed by atoms with Crippen LogP contribution in [0.25, 0.3) is 0 Å². The molecule has 3 aliphatic rings. The van der Waals surface area contributed by atoms with Crippen molar-refractivity contribution in [3.8, 4) is 11.8 Å². The van der Waals surface area contributed by atoms with Gasteiger partial charge in [0.2, 0.25) is 0 Å². The summed E-state index contributed by atoms with van der Waals surface area (Å²) >= 11 is 6.60. The van der Waals surface area contributed by atoms with Crippen molar-refractivity contribution < 1.29 is 0 Å². The molecule has 4 rings (SSSR count). The Labute approximate surface area is 101 Å². The Morgan fingerprint density at radius 2 is 1.81 bits per heavy atom. The Bertz CT molecular complexity index is 493. The monoisotopic (exact) mass is 228 g/mol. The number of hydrogen-bond donors (Lipinski definition) is 0. The van der Waals surface area contributed by atoms with Crippen molar-refractivity contribution >= 4 is 11.6 Å². The zero-order chi connectivity index (χ0) is 10.8. The molecule has 0 N–H and O–H groups in total. The third kappa shape index (κ3) is 0.824. The summed E-state index contributed by atoms with van der Waals surface area (Å²) in [5.41, 5.74) is 1.34. The maximum atomic E-state index is 6.60. The van der Waals surface area contributed by atoms with Gasteiger partial charge in [0.15, 0.2) is 0 Å². The van der Waals surface area contributed by atoms with Gasteiger partial charge in [0.25, 0.3) is 0 Å². The van der Waals surface area contributed by atoms with Crippen LogP contribution in [0.5, 0.6) is 0 Å². The van der Waals surface area contributed by atoms with Crippen LogP contribution < -0.4 is 0 Å². The summed E-state index contributed by atoms with van der Waals surface area (Å²) in [6.45, 7) is 0. The minimum absolute atomic E-state index is 0.104. The Hall–Kier alpha value is -0.930. The topological polar surface area (TPSA) is 0 Å². The van der Waals surface area contributed by atoms with Gasteiger partial charge in [0, 0.05) is 5.56 Å². The molecule has 1 aromatic rings. The smallest absolute Gasteiger partial charge is 0.0705 e. The third-order valence-electron chi connectivity index (χ3n) is 4.75. The second kappa shape index (κ2) is 2.66. The van der Waals surface area contributed by atoms with E-state index in [1.165, 1.54) is 19.3 Å². The summed E-state index contributed by atoms with van der Waals surface area (Å²) in [7, 11) is 0. The molecule has 0 saturated heterocycles. The van der Waals surface area contributed by atoms with Crippen LogP contribution in [0.4, 0.5) is 0 Å². The van der Waals surface area contributed by atoms with Crippen molar-refractivity contribution in [3.05, 3.63) is 35.9 Å². The lowest BCUT2D eigenvalue weighted by molar-refractivity contribution is 0.315. The average molecular weight is 229 g/mol. The number of benzene rings is 1. The third-order valence-corrected chi connectivity index (χ3v) is 5.59. The second-order valence-electron chi connectivity index (χ2n) is 5.29. The van der Waals surface area contributed by atoms with Crippen LogP contribution in [-0.2, 0) is 0 Å². The van der Waals surface area contributed by atoms with E-state index in [1.807, 2.05) is 18.2 Å². The van der Waals surface area contributed by atoms with Crippen molar-refractivity contribution in [2.24, 2.45) is 17.3 Å². The molecule has 0 aromatic heterocycles. The van der Waals surface area contributed by atoms with E-state index >= 15 is 0 Å². The highest BCUT2D eigenvalue weighted by atomic mass is 35.5. The predicted molar refractivity (Wildman–Crippen MR) is 65.2 cm³/mol. The predicted octanol–water partition coefficient (Wildman–Crippen LogP) is 3.45. The van der Waals surface area contributed by atoms with Gasteiger partial charge in [-0.3, -0.25) is 0 Å². The van der Waals surface area contributed by atoms with Crippen LogP contribution in [0, 0.1) is 29.1 Å². The van der Waals surface area contributed by atoms with Crippen LogP contribution in [0.2, 0.25) is 0 Å². The lowest BCUT2D eigenvalue weighted by Crippen LogP contribution is -2.18. The molecule has 2 atom stereocenters. The minimum Gasteiger partial charge on any atom is -0.117 e. The Morgan fingerprint density at radius 3 is 2.44 bits per heavy atom. The molecule has 0 bridgehead atoms.